The fourth-order valence-electron chi connectivity index (χ4n) is 3.32. The Morgan fingerprint density at radius 1 is 0.971 bits per heavy atom. The molecule has 0 saturated carbocycles. The van der Waals surface area contributed by atoms with E-state index in [1.165, 1.54) is 0 Å². The number of hydrogen-bond donors (Lipinski definition) is 2. The summed E-state index contributed by atoms with van der Waals surface area (Å²) in [5.41, 5.74) is 1.80. The van der Waals surface area contributed by atoms with E-state index in [0.717, 1.165) is 8.47 Å². The summed E-state index contributed by atoms with van der Waals surface area (Å²) >= 11 is 8.41. The van der Waals surface area contributed by atoms with E-state index in [1.807, 2.05) is 31.2 Å². The Morgan fingerprint density at radius 2 is 1.68 bits per heavy atom. The monoisotopic (exact) mass is 587 g/mol. The third-order valence-corrected chi connectivity index (χ3v) is 6.00. The normalized spacial score (nSPS) is 13.3. The van der Waals surface area contributed by atoms with Gasteiger partial charge in [0.05, 0.1) is 12.3 Å². The molecule has 9 heteroatoms. The van der Waals surface area contributed by atoms with Crippen LogP contribution in [0.4, 0.5) is 17.1 Å². The Morgan fingerprint density at radius 3 is 2.35 bits per heavy atom. The molecule has 2 N–H and O–H groups in total. The third kappa shape index (κ3) is 5.07. The van der Waals surface area contributed by atoms with Gasteiger partial charge >= 0.3 is 0 Å². The standard InChI is InChI=1S/C25H19ClIN3O4/c1-2-34-20-12-10-19(11-13-20)30-24(32)21(26)22(25(30)33)28-18-5-3-4-15(14-18)23(31)29-17-8-6-16(27)7-9-17/h3-14,28H,2H2,1H3,(H,29,31). The van der Waals surface area contributed by atoms with Crippen LogP contribution in [0.1, 0.15) is 17.3 Å². The number of nitrogens with one attached hydrogen (secondary N) is 2. The molecule has 0 fully saturated rings. The molecule has 1 aliphatic heterocycles. The highest BCUT2D eigenvalue weighted by Crippen LogP contribution is 2.31. The summed E-state index contributed by atoms with van der Waals surface area (Å²) in [6.07, 6.45) is 0. The molecule has 0 radical (unpaired) electrons. The van der Waals surface area contributed by atoms with Crippen molar-refractivity contribution in [2.24, 2.45) is 0 Å². The van der Waals surface area contributed by atoms with Gasteiger partial charge in [0.1, 0.15) is 16.5 Å². The average molecular weight is 588 g/mol. The number of rotatable bonds is 7. The minimum Gasteiger partial charge on any atom is -0.494 e. The highest BCUT2D eigenvalue weighted by molar-refractivity contribution is 14.1. The van der Waals surface area contributed by atoms with Crippen LogP contribution >= 0.6 is 34.2 Å². The van der Waals surface area contributed by atoms with Gasteiger partial charge in [-0.3, -0.25) is 14.4 Å². The highest BCUT2D eigenvalue weighted by Gasteiger charge is 2.39. The molecule has 3 amide bonds. The molecule has 0 bridgehead atoms. The maximum absolute atomic E-state index is 13.0. The van der Waals surface area contributed by atoms with Gasteiger partial charge in [-0.05, 0) is 96.2 Å². The highest BCUT2D eigenvalue weighted by atomic mass is 127. The molecule has 4 rings (SSSR count). The molecular formula is C25H19ClIN3O4. The van der Waals surface area contributed by atoms with E-state index in [4.69, 9.17) is 16.3 Å². The first-order valence-corrected chi connectivity index (χ1v) is 11.8. The molecule has 0 aromatic heterocycles. The Bertz CT molecular complexity index is 1290. The quantitative estimate of drug-likeness (QED) is 0.286. The van der Waals surface area contributed by atoms with Crippen molar-refractivity contribution in [3.63, 3.8) is 0 Å². The van der Waals surface area contributed by atoms with Crippen LogP contribution < -0.4 is 20.3 Å². The number of imide groups is 1. The van der Waals surface area contributed by atoms with E-state index in [0.29, 0.717) is 35.0 Å². The first-order chi connectivity index (χ1) is 16.4. The van der Waals surface area contributed by atoms with Gasteiger partial charge in [-0.25, -0.2) is 4.90 Å². The van der Waals surface area contributed by atoms with Crippen LogP contribution in [0.15, 0.2) is 83.5 Å². The van der Waals surface area contributed by atoms with Gasteiger partial charge in [-0.1, -0.05) is 17.7 Å². The zero-order valence-corrected chi connectivity index (χ0v) is 20.9. The smallest absolute Gasteiger partial charge is 0.283 e. The van der Waals surface area contributed by atoms with Crippen molar-refractivity contribution in [2.75, 3.05) is 22.1 Å². The lowest BCUT2D eigenvalue weighted by atomic mass is 10.1. The lowest BCUT2D eigenvalue weighted by molar-refractivity contribution is -0.120. The van der Waals surface area contributed by atoms with Crippen LogP contribution in [-0.2, 0) is 9.59 Å². The molecule has 7 nitrogen and oxygen atoms in total. The van der Waals surface area contributed by atoms with Crippen molar-refractivity contribution < 1.29 is 19.1 Å². The predicted molar refractivity (Wildman–Crippen MR) is 140 cm³/mol. The van der Waals surface area contributed by atoms with Crippen molar-refractivity contribution in [2.45, 2.75) is 6.92 Å². The number of amides is 3. The molecule has 1 aliphatic rings. The molecule has 34 heavy (non-hydrogen) atoms. The van der Waals surface area contributed by atoms with E-state index in [1.54, 1.807) is 48.5 Å². The van der Waals surface area contributed by atoms with Crippen LogP contribution in [0.5, 0.6) is 5.75 Å². The zero-order valence-electron chi connectivity index (χ0n) is 18.0. The number of benzene rings is 3. The predicted octanol–water partition coefficient (Wildman–Crippen LogP) is 5.38. The fraction of sp³-hybridized carbons (Fsp3) is 0.0800. The van der Waals surface area contributed by atoms with Gasteiger partial charge in [0.2, 0.25) is 0 Å². The number of anilines is 3. The molecule has 1 heterocycles. The van der Waals surface area contributed by atoms with Gasteiger partial charge in [0, 0.05) is 20.5 Å². The Hall–Kier alpha value is -3.37. The minimum atomic E-state index is -0.633. The average Bonchev–Trinajstić information content (AvgIpc) is 3.04. The van der Waals surface area contributed by atoms with Gasteiger partial charge in [-0.2, -0.15) is 0 Å². The van der Waals surface area contributed by atoms with E-state index < -0.39 is 11.8 Å². The Balaban J connectivity index is 1.51. The number of carbonyl (C=O) groups is 3. The van der Waals surface area contributed by atoms with E-state index in [9.17, 15) is 14.4 Å². The topological polar surface area (TPSA) is 87.7 Å². The van der Waals surface area contributed by atoms with Gasteiger partial charge in [0.15, 0.2) is 0 Å². The molecule has 3 aromatic carbocycles. The zero-order chi connectivity index (χ0) is 24.2. The number of hydrogen-bond acceptors (Lipinski definition) is 5. The second kappa shape index (κ2) is 10.3. The first kappa shape index (κ1) is 23.8. The number of halogens is 2. The van der Waals surface area contributed by atoms with Gasteiger partial charge in [0.25, 0.3) is 17.7 Å². The lowest BCUT2D eigenvalue weighted by Crippen LogP contribution is -2.32. The van der Waals surface area contributed by atoms with Crippen LogP contribution in [-0.4, -0.2) is 24.3 Å². The maximum atomic E-state index is 13.0. The van der Waals surface area contributed by atoms with E-state index in [-0.39, 0.29) is 16.6 Å². The van der Waals surface area contributed by atoms with E-state index in [2.05, 4.69) is 33.2 Å². The van der Waals surface area contributed by atoms with E-state index >= 15 is 0 Å². The Kier molecular flexibility index (Phi) is 7.18. The fourth-order valence-corrected chi connectivity index (χ4v) is 3.90. The van der Waals surface area contributed by atoms with Crippen molar-refractivity contribution in [1.29, 1.82) is 0 Å². The van der Waals surface area contributed by atoms with Crippen LogP contribution in [0.2, 0.25) is 0 Å². The number of ether oxygens (including phenoxy) is 1. The SMILES string of the molecule is CCOc1ccc(N2C(=O)C(Cl)=C(Nc3cccc(C(=O)Nc4ccc(I)cc4)c3)C2=O)cc1. The summed E-state index contributed by atoms with van der Waals surface area (Å²) in [7, 11) is 0. The molecule has 0 unspecified atom stereocenters. The van der Waals surface area contributed by atoms with Crippen molar-refractivity contribution in [3.8, 4) is 5.75 Å². The largest absolute Gasteiger partial charge is 0.494 e. The van der Waals surface area contributed by atoms with Crippen molar-refractivity contribution >= 4 is 69.0 Å². The summed E-state index contributed by atoms with van der Waals surface area (Å²) in [5, 5.41) is 5.50. The first-order valence-electron chi connectivity index (χ1n) is 10.3. The lowest BCUT2D eigenvalue weighted by Gasteiger charge is -2.16. The summed E-state index contributed by atoms with van der Waals surface area (Å²) in [4.78, 5) is 39.4. The van der Waals surface area contributed by atoms with Gasteiger partial charge in [-0.15, -0.1) is 0 Å². The molecule has 0 aliphatic carbocycles. The summed E-state index contributed by atoms with van der Waals surface area (Å²) in [6.45, 7) is 2.37. The van der Waals surface area contributed by atoms with Crippen molar-refractivity contribution in [1.82, 2.24) is 0 Å². The molecule has 0 atom stereocenters. The van der Waals surface area contributed by atoms with Crippen molar-refractivity contribution in [3.05, 3.63) is 92.7 Å². The summed E-state index contributed by atoms with van der Waals surface area (Å²) in [6, 6.07) is 20.6. The third-order valence-electron chi connectivity index (χ3n) is 4.93. The number of nitrogens with zero attached hydrogens (tertiary/aromatic N) is 1. The molecule has 0 spiro atoms. The molecule has 3 aromatic rings. The van der Waals surface area contributed by atoms with Crippen LogP contribution in [0.25, 0.3) is 0 Å². The Labute approximate surface area is 214 Å². The second-order valence-electron chi connectivity index (χ2n) is 7.23. The summed E-state index contributed by atoms with van der Waals surface area (Å²) < 4.78 is 6.46. The van der Waals surface area contributed by atoms with Gasteiger partial charge < -0.3 is 15.4 Å². The maximum Gasteiger partial charge on any atom is 0.283 e. The number of carbonyl (C=O) groups excluding carboxylic acids is 3. The molecule has 172 valence electrons. The second-order valence-corrected chi connectivity index (χ2v) is 8.85. The van der Waals surface area contributed by atoms with Crippen LogP contribution in [0.3, 0.4) is 0 Å². The molecule has 0 saturated heterocycles. The summed E-state index contributed by atoms with van der Waals surface area (Å²) in [5.74, 6) is -0.906. The minimum absolute atomic E-state index is 0.0595. The molecular weight excluding hydrogens is 569 g/mol. The van der Waals surface area contributed by atoms with Crippen LogP contribution in [0, 0.1) is 3.57 Å².